The van der Waals surface area contributed by atoms with Crippen LogP contribution >= 0.6 is 11.3 Å². The molecule has 0 aliphatic heterocycles. The molecule has 2 heterocycles. The molecule has 96 valence electrons. The van der Waals surface area contributed by atoms with Gasteiger partial charge in [0.05, 0.1) is 0 Å². The first-order valence-electron chi connectivity index (χ1n) is 6.43. The van der Waals surface area contributed by atoms with E-state index in [9.17, 15) is 0 Å². The standard InChI is InChI=1S/C15H20N2S/c1-4-12-8-9-14(18-12)15(16-3)11(2)13-7-5-6-10-17-13/h5-11,15-16H,4H2,1-3H3. The van der Waals surface area contributed by atoms with Crippen molar-refractivity contribution in [1.82, 2.24) is 10.3 Å². The Bertz CT molecular complexity index is 478. The molecule has 2 aromatic rings. The zero-order valence-electron chi connectivity index (χ0n) is 11.2. The van der Waals surface area contributed by atoms with E-state index in [4.69, 9.17) is 0 Å². The zero-order valence-corrected chi connectivity index (χ0v) is 12.0. The maximum atomic E-state index is 4.46. The van der Waals surface area contributed by atoms with Gasteiger partial charge in [0.1, 0.15) is 0 Å². The summed E-state index contributed by atoms with van der Waals surface area (Å²) >= 11 is 1.90. The number of hydrogen-bond donors (Lipinski definition) is 1. The molecule has 0 saturated heterocycles. The molecular formula is C15H20N2S. The summed E-state index contributed by atoms with van der Waals surface area (Å²) in [5, 5.41) is 3.42. The van der Waals surface area contributed by atoms with Gasteiger partial charge in [-0.15, -0.1) is 11.3 Å². The van der Waals surface area contributed by atoms with Crippen molar-refractivity contribution in [3.8, 4) is 0 Å². The van der Waals surface area contributed by atoms with Crippen LogP contribution in [0.2, 0.25) is 0 Å². The summed E-state index contributed by atoms with van der Waals surface area (Å²) in [4.78, 5) is 7.30. The first kappa shape index (κ1) is 13.2. The minimum absolute atomic E-state index is 0.338. The summed E-state index contributed by atoms with van der Waals surface area (Å²) in [5.41, 5.74) is 1.14. The summed E-state index contributed by atoms with van der Waals surface area (Å²) < 4.78 is 0. The number of pyridine rings is 1. The van der Waals surface area contributed by atoms with E-state index in [1.165, 1.54) is 9.75 Å². The van der Waals surface area contributed by atoms with Gasteiger partial charge in [-0.1, -0.05) is 19.9 Å². The van der Waals surface area contributed by atoms with Crippen molar-refractivity contribution < 1.29 is 0 Å². The second-order valence-electron chi connectivity index (χ2n) is 4.47. The zero-order chi connectivity index (χ0) is 13.0. The first-order valence-corrected chi connectivity index (χ1v) is 7.24. The molecule has 2 aromatic heterocycles. The Kier molecular flexibility index (Phi) is 4.50. The number of nitrogens with one attached hydrogen (secondary N) is 1. The van der Waals surface area contributed by atoms with Crippen LogP contribution in [0.3, 0.4) is 0 Å². The van der Waals surface area contributed by atoms with Crippen molar-refractivity contribution in [2.45, 2.75) is 32.2 Å². The lowest BCUT2D eigenvalue weighted by atomic mass is 9.96. The van der Waals surface area contributed by atoms with Crippen molar-refractivity contribution >= 4 is 11.3 Å². The van der Waals surface area contributed by atoms with Gasteiger partial charge in [0, 0.05) is 33.6 Å². The van der Waals surface area contributed by atoms with Crippen molar-refractivity contribution in [3.63, 3.8) is 0 Å². The van der Waals surface area contributed by atoms with Crippen LogP contribution in [-0.4, -0.2) is 12.0 Å². The fraction of sp³-hybridized carbons (Fsp3) is 0.400. The third kappa shape index (κ3) is 2.79. The van der Waals surface area contributed by atoms with Gasteiger partial charge in [0.2, 0.25) is 0 Å². The van der Waals surface area contributed by atoms with E-state index >= 15 is 0 Å². The van der Waals surface area contributed by atoms with Gasteiger partial charge in [-0.05, 0) is 37.7 Å². The van der Waals surface area contributed by atoms with Crippen LogP contribution in [0.5, 0.6) is 0 Å². The van der Waals surface area contributed by atoms with E-state index in [1.807, 2.05) is 30.6 Å². The van der Waals surface area contributed by atoms with Crippen LogP contribution in [0.4, 0.5) is 0 Å². The van der Waals surface area contributed by atoms with Gasteiger partial charge in [0.25, 0.3) is 0 Å². The van der Waals surface area contributed by atoms with Crippen molar-refractivity contribution in [1.29, 1.82) is 0 Å². The molecule has 0 saturated carbocycles. The van der Waals surface area contributed by atoms with Gasteiger partial charge in [-0.25, -0.2) is 0 Å². The molecule has 3 heteroatoms. The average Bonchev–Trinajstić information content (AvgIpc) is 2.89. The lowest BCUT2D eigenvalue weighted by molar-refractivity contribution is 0.506. The Morgan fingerprint density at radius 2 is 2.11 bits per heavy atom. The van der Waals surface area contributed by atoms with Crippen molar-refractivity contribution in [2.24, 2.45) is 0 Å². The summed E-state index contributed by atoms with van der Waals surface area (Å²) in [6, 6.07) is 10.9. The number of aromatic nitrogens is 1. The maximum Gasteiger partial charge on any atom is 0.0494 e. The monoisotopic (exact) mass is 260 g/mol. The van der Waals surface area contributed by atoms with Crippen LogP contribution in [0.25, 0.3) is 0 Å². The largest absolute Gasteiger partial charge is 0.312 e. The Morgan fingerprint density at radius 1 is 1.28 bits per heavy atom. The third-order valence-electron chi connectivity index (χ3n) is 3.30. The molecule has 0 amide bonds. The highest BCUT2D eigenvalue weighted by Crippen LogP contribution is 2.33. The fourth-order valence-electron chi connectivity index (χ4n) is 2.21. The molecular weight excluding hydrogens is 240 g/mol. The highest BCUT2D eigenvalue weighted by Gasteiger charge is 2.21. The predicted octanol–water partition coefficient (Wildman–Crippen LogP) is 3.77. The Hall–Kier alpha value is -1.19. The molecule has 2 unspecified atom stereocenters. The minimum Gasteiger partial charge on any atom is -0.312 e. The van der Waals surface area contributed by atoms with Crippen molar-refractivity contribution in [3.05, 3.63) is 52.0 Å². The number of hydrogen-bond acceptors (Lipinski definition) is 3. The smallest absolute Gasteiger partial charge is 0.0494 e. The molecule has 0 aromatic carbocycles. The van der Waals surface area contributed by atoms with Crippen LogP contribution in [0, 0.1) is 0 Å². The normalized spacial score (nSPS) is 14.4. The lowest BCUT2D eigenvalue weighted by Gasteiger charge is -2.22. The molecule has 0 aliphatic rings. The number of rotatable bonds is 5. The van der Waals surface area contributed by atoms with E-state index in [1.54, 1.807) is 0 Å². The lowest BCUT2D eigenvalue weighted by Crippen LogP contribution is -2.21. The van der Waals surface area contributed by atoms with Gasteiger partial charge in [-0.2, -0.15) is 0 Å². The molecule has 0 fully saturated rings. The number of nitrogens with zero attached hydrogens (tertiary/aromatic N) is 1. The fourth-order valence-corrected chi connectivity index (χ4v) is 3.37. The van der Waals surface area contributed by atoms with Gasteiger partial charge in [-0.3, -0.25) is 4.98 Å². The van der Waals surface area contributed by atoms with Gasteiger partial charge < -0.3 is 5.32 Å². The molecule has 2 atom stereocenters. The van der Waals surface area contributed by atoms with E-state index in [0.717, 1.165) is 12.1 Å². The quantitative estimate of drug-likeness (QED) is 0.885. The van der Waals surface area contributed by atoms with Crippen LogP contribution in [0.1, 0.15) is 41.3 Å². The second-order valence-corrected chi connectivity index (χ2v) is 5.67. The molecule has 2 rings (SSSR count). The number of thiophene rings is 1. The average molecular weight is 260 g/mol. The van der Waals surface area contributed by atoms with Crippen LogP contribution in [-0.2, 0) is 6.42 Å². The molecule has 0 bridgehead atoms. The number of aryl methyl sites for hydroxylation is 1. The minimum atomic E-state index is 0.338. The van der Waals surface area contributed by atoms with E-state index in [2.05, 4.69) is 48.4 Å². The van der Waals surface area contributed by atoms with E-state index < -0.39 is 0 Å². The Labute approximate surface area is 113 Å². The summed E-state index contributed by atoms with van der Waals surface area (Å²) in [6.45, 7) is 4.43. The highest BCUT2D eigenvalue weighted by molar-refractivity contribution is 7.12. The maximum absolute atomic E-state index is 4.46. The molecule has 2 nitrogen and oxygen atoms in total. The predicted molar refractivity (Wildman–Crippen MR) is 78.1 cm³/mol. The second kappa shape index (κ2) is 6.12. The SMILES string of the molecule is CCc1ccc(C(NC)C(C)c2ccccn2)s1. The summed E-state index contributed by atoms with van der Waals surface area (Å²) in [6.07, 6.45) is 2.98. The van der Waals surface area contributed by atoms with Crippen LogP contribution < -0.4 is 5.32 Å². The van der Waals surface area contributed by atoms with E-state index in [0.29, 0.717) is 12.0 Å². The Balaban J connectivity index is 2.23. The topological polar surface area (TPSA) is 24.9 Å². The number of likely N-dealkylation sites (N-methyl/N-ethyl adjacent to an activating group) is 1. The van der Waals surface area contributed by atoms with E-state index in [-0.39, 0.29) is 0 Å². The first-order chi connectivity index (χ1) is 8.76. The Morgan fingerprint density at radius 3 is 2.67 bits per heavy atom. The molecule has 1 N–H and O–H groups in total. The van der Waals surface area contributed by atoms with Gasteiger partial charge >= 0.3 is 0 Å². The van der Waals surface area contributed by atoms with Crippen molar-refractivity contribution in [2.75, 3.05) is 7.05 Å². The third-order valence-corrected chi connectivity index (χ3v) is 4.62. The molecule has 0 aliphatic carbocycles. The highest BCUT2D eigenvalue weighted by atomic mass is 32.1. The molecule has 18 heavy (non-hydrogen) atoms. The summed E-state index contributed by atoms with van der Waals surface area (Å²) in [7, 11) is 2.02. The molecule has 0 radical (unpaired) electrons. The van der Waals surface area contributed by atoms with Gasteiger partial charge in [0.15, 0.2) is 0 Å². The summed E-state index contributed by atoms with van der Waals surface area (Å²) in [5.74, 6) is 0.375. The molecule has 0 spiro atoms. The van der Waals surface area contributed by atoms with Crippen LogP contribution in [0.15, 0.2) is 36.5 Å².